The van der Waals surface area contributed by atoms with Crippen molar-refractivity contribution in [3.63, 3.8) is 0 Å². The quantitative estimate of drug-likeness (QED) is 0.228. The van der Waals surface area contributed by atoms with Crippen LogP contribution in [0.3, 0.4) is 0 Å². The number of hydrogen-bond acceptors (Lipinski definition) is 5. The summed E-state index contributed by atoms with van der Waals surface area (Å²) in [6, 6.07) is 22.4. The van der Waals surface area contributed by atoms with Gasteiger partial charge in [-0.2, -0.15) is 10.2 Å². The molecule has 0 amide bonds. The third-order valence-electron chi connectivity index (χ3n) is 4.61. The average molecular weight is 414 g/mol. The molecular weight excluding hydrogens is 396 g/mol. The highest BCUT2D eigenvalue weighted by Gasteiger charge is 2.05. The van der Waals surface area contributed by atoms with Crippen molar-refractivity contribution in [1.29, 1.82) is 0 Å². The Balaban J connectivity index is 1.44. The summed E-state index contributed by atoms with van der Waals surface area (Å²) in [6.07, 6.45) is 3.01. The number of thiocarbonyl (C=S) groups is 1. The van der Waals surface area contributed by atoms with E-state index in [0.29, 0.717) is 11.1 Å². The van der Waals surface area contributed by atoms with Gasteiger partial charge in [-0.1, -0.05) is 60.7 Å². The fraction of sp³-hybridized carbons (Fsp3) is 0. The molecule has 4 aromatic rings. The highest BCUT2D eigenvalue weighted by Crippen LogP contribution is 2.26. The Hall–Kier alpha value is -3.97. The number of rotatable bonds is 4. The summed E-state index contributed by atoms with van der Waals surface area (Å²) in [7, 11) is 0. The molecule has 0 saturated heterocycles. The van der Waals surface area contributed by atoms with Crippen LogP contribution in [0.5, 0.6) is 11.5 Å². The molecule has 0 aliphatic carbocycles. The minimum absolute atomic E-state index is 0.127. The lowest BCUT2D eigenvalue weighted by atomic mass is 10.0. The summed E-state index contributed by atoms with van der Waals surface area (Å²) in [4.78, 5) is 0. The molecule has 0 radical (unpaired) electrons. The second kappa shape index (κ2) is 8.59. The van der Waals surface area contributed by atoms with Gasteiger partial charge in [0.2, 0.25) is 5.11 Å². The molecule has 0 bridgehead atoms. The van der Waals surface area contributed by atoms with Crippen LogP contribution >= 0.6 is 12.2 Å². The first-order chi connectivity index (χ1) is 14.6. The van der Waals surface area contributed by atoms with Crippen LogP contribution in [0.4, 0.5) is 0 Å². The standard InChI is InChI=1S/C23H18N4O2S/c28-21-11-9-15-5-1-3-7-17(15)19(21)13-24-26-23(30)27-25-14-20-18-8-4-2-6-16(18)10-12-22(20)29/h1-14,28-29H,(H2,26,27,30). The van der Waals surface area contributed by atoms with Gasteiger partial charge in [0.15, 0.2) is 0 Å². The molecule has 4 aromatic carbocycles. The summed E-state index contributed by atoms with van der Waals surface area (Å²) >= 11 is 5.17. The fourth-order valence-corrected chi connectivity index (χ4v) is 3.28. The van der Waals surface area contributed by atoms with Crippen LogP contribution in [-0.2, 0) is 0 Å². The summed E-state index contributed by atoms with van der Waals surface area (Å²) in [5, 5.41) is 32.4. The molecule has 0 saturated carbocycles. The van der Waals surface area contributed by atoms with Crippen LogP contribution in [0.2, 0.25) is 0 Å². The van der Waals surface area contributed by atoms with E-state index in [1.165, 1.54) is 12.4 Å². The van der Waals surface area contributed by atoms with Gasteiger partial charge in [-0.25, -0.2) is 0 Å². The average Bonchev–Trinajstić information content (AvgIpc) is 2.77. The first-order valence-electron chi connectivity index (χ1n) is 9.17. The monoisotopic (exact) mass is 414 g/mol. The van der Waals surface area contributed by atoms with E-state index in [-0.39, 0.29) is 16.6 Å². The summed E-state index contributed by atoms with van der Waals surface area (Å²) in [5.74, 6) is 0.255. The first-order valence-corrected chi connectivity index (χ1v) is 9.58. The van der Waals surface area contributed by atoms with Crippen molar-refractivity contribution in [2.75, 3.05) is 0 Å². The maximum absolute atomic E-state index is 10.1. The van der Waals surface area contributed by atoms with E-state index in [1.54, 1.807) is 12.1 Å². The van der Waals surface area contributed by atoms with E-state index >= 15 is 0 Å². The maximum atomic E-state index is 10.1. The Morgan fingerprint density at radius 3 is 1.57 bits per heavy atom. The molecule has 4 rings (SSSR count). The second-order valence-corrected chi connectivity index (χ2v) is 6.92. The highest BCUT2D eigenvalue weighted by atomic mass is 32.1. The van der Waals surface area contributed by atoms with Crippen LogP contribution in [0.15, 0.2) is 83.0 Å². The van der Waals surface area contributed by atoms with E-state index in [1.807, 2.05) is 60.7 Å². The number of fused-ring (bicyclic) bond motifs is 2. The Morgan fingerprint density at radius 2 is 1.10 bits per heavy atom. The van der Waals surface area contributed by atoms with Crippen molar-refractivity contribution in [1.82, 2.24) is 10.9 Å². The largest absolute Gasteiger partial charge is 0.507 e. The maximum Gasteiger partial charge on any atom is 0.207 e. The van der Waals surface area contributed by atoms with Crippen LogP contribution in [0.1, 0.15) is 11.1 Å². The molecule has 0 unspecified atom stereocenters. The number of aromatic hydroxyl groups is 2. The fourth-order valence-electron chi connectivity index (χ4n) is 3.18. The second-order valence-electron chi connectivity index (χ2n) is 6.51. The van der Waals surface area contributed by atoms with Crippen LogP contribution < -0.4 is 10.9 Å². The van der Waals surface area contributed by atoms with Crippen molar-refractivity contribution < 1.29 is 10.2 Å². The summed E-state index contributed by atoms with van der Waals surface area (Å²) < 4.78 is 0. The normalized spacial score (nSPS) is 11.5. The van der Waals surface area contributed by atoms with Gasteiger partial charge in [-0.3, -0.25) is 10.9 Å². The van der Waals surface area contributed by atoms with Gasteiger partial charge < -0.3 is 10.2 Å². The van der Waals surface area contributed by atoms with Gasteiger partial charge in [-0.05, 0) is 45.9 Å². The van der Waals surface area contributed by atoms with Crippen molar-refractivity contribution in [2.24, 2.45) is 10.2 Å². The minimum Gasteiger partial charge on any atom is -0.507 e. The summed E-state index contributed by atoms with van der Waals surface area (Å²) in [5.41, 5.74) is 6.51. The SMILES string of the molecule is Oc1ccc2ccccc2c1C=NNC(=S)NN=Cc1c(O)ccc2ccccc12. The number of phenols is 2. The molecule has 6 nitrogen and oxygen atoms in total. The number of nitrogens with zero attached hydrogens (tertiary/aromatic N) is 2. The molecule has 0 aromatic heterocycles. The van der Waals surface area contributed by atoms with Gasteiger partial charge >= 0.3 is 0 Å². The van der Waals surface area contributed by atoms with E-state index in [2.05, 4.69) is 21.1 Å². The van der Waals surface area contributed by atoms with E-state index < -0.39 is 0 Å². The Morgan fingerprint density at radius 1 is 0.667 bits per heavy atom. The molecule has 0 aliphatic heterocycles. The topological polar surface area (TPSA) is 89.2 Å². The lowest BCUT2D eigenvalue weighted by molar-refractivity contribution is 0.475. The highest BCUT2D eigenvalue weighted by molar-refractivity contribution is 7.80. The van der Waals surface area contributed by atoms with Crippen molar-refractivity contribution in [3.05, 3.63) is 83.9 Å². The first kappa shape index (κ1) is 19.4. The molecule has 148 valence electrons. The predicted molar refractivity (Wildman–Crippen MR) is 125 cm³/mol. The summed E-state index contributed by atoms with van der Waals surface area (Å²) in [6.45, 7) is 0. The number of nitrogens with one attached hydrogen (secondary N) is 2. The van der Waals surface area contributed by atoms with Gasteiger partial charge in [0.25, 0.3) is 0 Å². The Labute approximate surface area is 178 Å². The number of phenolic OH excluding ortho intramolecular Hbond substituents is 2. The molecular formula is C23H18N4O2S. The lowest BCUT2D eigenvalue weighted by Crippen LogP contribution is -2.28. The van der Waals surface area contributed by atoms with Crippen LogP contribution in [0.25, 0.3) is 21.5 Å². The number of hydrazone groups is 2. The van der Waals surface area contributed by atoms with Gasteiger partial charge in [0.05, 0.1) is 12.4 Å². The smallest absolute Gasteiger partial charge is 0.207 e. The predicted octanol–water partition coefficient (Wildman–Crippen LogP) is 4.24. The van der Waals surface area contributed by atoms with Crippen LogP contribution in [-0.4, -0.2) is 27.8 Å². The van der Waals surface area contributed by atoms with Gasteiger partial charge in [-0.15, -0.1) is 0 Å². The minimum atomic E-state index is 0.127. The number of benzene rings is 4. The van der Waals surface area contributed by atoms with E-state index in [4.69, 9.17) is 12.2 Å². The zero-order valence-electron chi connectivity index (χ0n) is 15.8. The van der Waals surface area contributed by atoms with Crippen LogP contribution in [0, 0.1) is 0 Å². The lowest BCUT2D eigenvalue weighted by Gasteiger charge is -2.06. The van der Waals surface area contributed by atoms with Crippen molar-refractivity contribution in [3.8, 4) is 11.5 Å². The Bertz CT molecular complexity index is 1200. The van der Waals surface area contributed by atoms with E-state index in [0.717, 1.165) is 21.5 Å². The molecule has 0 fully saturated rings. The Kier molecular flexibility index (Phi) is 5.54. The molecule has 30 heavy (non-hydrogen) atoms. The molecule has 4 N–H and O–H groups in total. The van der Waals surface area contributed by atoms with Crippen molar-refractivity contribution >= 4 is 51.3 Å². The molecule has 0 aliphatic rings. The third-order valence-corrected chi connectivity index (χ3v) is 4.80. The number of hydrogen-bond donors (Lipinski definition) is 4. The molecule has 0 spiro atoms. The van der Waals surface area contributed by atoms with Crippen molar-refractivity contribution in [2.45, 2.75) is 0 Å². The van der Waals surface area contributed by atoms with Gasteiger partial charge in [0.1, 0.15) is 11.5 Å². The zero-order valence-corrected chi connectivity index (χ0v) is 16.6. The van der Waals surface area contributed by atoms with E-state index in [9.17, 15) is 10.2 Å². The van der Waals surface area contributed by atoms with Gasteiger partial charge in [0, 0.05) is 11.1 Å². The molecule has 0 heterocycles. The molecule has 7 heteroatoms. The zero-order chi connectivity index (χ0) is 20.9. The third kappa shape index (κ3) is 4.06. The molecule has 0 atom stereocenters.